The van der Waals surface area contributed by atoms with Crippen molar-refractivity contribution in [1.29, 1.82) is 0 Å². The van der Waals surface area contributed by atoms with Gasteiger partial charge in [-0.1, -0.05) is 20.8 Å². The molecule has 0 spiro atoms. The summed E-state index contributed by atoms with van der Waals surface area (Å²) < 4.78 is 5.45. The third-order valence-corrected chi connectivity index (χ3v) is 3.61. The summed E-state index contributed by atoms with van der Waals surface area (Å²) in [5.74, 6) is 0.932. The van der Waals surface area contributed by atoms with E-state index in [4.69, 9.17) is 4.74 Å². The minimum Gasteiger partial charge on any atom is -0.381 e. The van der Waals surface area contributed by atoms with Gasteiger partial charge in [-0.3, -0.25) is 4.99 Å². The molecular weight excluding hydrogens is 214 g/mol. The Hall–Kier alpha value is -0.770. The van der Waals surface area contributed by atoms with Crippen LogP contribution in [-0.4, -0.2) is 38.3 Å². The third-order valence-electron chi connectivity index (χ3n) is 3.61. The zero-order valence-electron chi connectivity index (χ0n) is 11.8. The summed E-state index contributed by atoms with van der Waals surface area (Å²) in [4.78, 5) is 4.52. The quantitative estimate of drug-likeness (QED) is 0.569. The predicted octanol–water partition coefficient (Wildman–Crippen LogP) is 1.76. The van der Waals surface area contributed by atoms with E-state index in [-0.39, 0.29) is 5.41 Å². The van der Waals surface area contributed by atoms with E-state index in [0.717, 1.165) is 31.9 Å². The molecule has 0 heterocycles. The molecule has 0 aromatic heterocycles. The van der Waals surface area contributed by atoms with E-state index in [1.165, 1.54) is 0 Å². The average Bonchev–Trinajstić information content (AvgIpc) is 2.30. The first-order valence-electron chi connectivity index (χ1n) is 6.63. The Kier molecular flexibility index (Phi) is 5.25. The molecule has 0 saturated heterocycles. The van der Waals surface area contributed by atoms with Crippen LogP contribution in [0.1, 0.15) is 40.5 Å². The van der Waals surface area contributed by atoms with Crippen molar-refractivity contribution < 1.29 is 4.74 Å². The molecule has 1 fully saturated rings. The van der Waals surface area contributed by atoms with Crippen LogP contribution in [0.4, 0.5) is 0 Å². The lowest BCUT2D eigenvalue weighted by molar-refractivity contribution is -0.0922. The molecule has 1 rings (SSSR count). The van der Waals surface area contributed by atoms with Gasteiger partial charge in [0.25, 0.3) is 0 Å². The number of aliphatic imine (C=N–C) groups is 1. The maximum Gasteiger partial charge on any atom is 0.191 e. The van der Waals surface area contributed by atoms with Gasteiger partial charge < -0.3 is 15.4 Å². The van der Waals surface area contributed by atoms with E-state index in [0.29, 0.717) is 12.1 Å². The number of methoxy groups -OCH3 is 1. The standard InChI is InChI=1S/C13H27N3O/c1-6-8-15-12(14-7-2)16-10-9-11(17-5)13(10,3)4/h10-11H,6-9H2,1-5H3,(H2,14,15,16). The largest absolute Gasteiger partial charge is 0.381 e. The first kappa shape index (κ1) is 14.3. The minimum absolute atomic E-state index is 0.178. The van der Waals surface area contributed by atoms with Crippen molar-refractivity contribution >= 4 is 5.96 Å². The van der Waals surface area contributed by atoms with Crippen LogP contribution in [0.5, 0.6) is 0 Å². The van der Waals surface area contributed by atoms with Crippen molar-refractivity contribution in [1.82, 2.24) is 10.6 Å². The zero-order chi connectivity index (χ0) is 12.9. The Morgan fingerprint density at radius 1 is 1.41 bits per heavy atom. The number of nitrogens with zero attached hydrogens (tertiary/aromatic N) is 1. The third kappa shape index (κ3) is 3.35. The lowest BCUT2D eigenvalue weighted by atomic mass is 9.64. The van der Waals surface area contributed by atoms with Gasteiger partial charge in [0.05, 0.1) is 6.10 Å². The first-order chi connectivity index (χ1) is 8.06. The lowest BCUT2D eigenvalue weighted by Crippen LogP contribution is -2.63. The van der Waals surface area contributed by atoms with E-state index >= 15 is 0 Å². The van der Waals surface area contributed by atoms with Gasteiger partial charge in [-0.2, -0.15) is 0 Å². The first-order valence-corrected chi connectivity index (χ1v) is 6.63. The molecule has 17 heavy (non-hydrogen) atoms. The molecular formula is C13H27N3O. The molecule has 0 radical (unpaired) electrons. The van der Waals surface area contributed by atoms with E-state index in [1.54, 1.807) is 7.11 Å². The summed E-state index contributed by atoms with van der Waals surface area (Å²) >= 11 is 0. The summed E-state index contributed by atoms with van der Waals surface area (Å²) in [6.07, 6.45) is 2.49. The molecule has 1 saturated carbocycles. The second kappa shape index (κ2) is 6.24. The van der Waals surface area contributed by atoms with Gasteiger partial charge in [0.1, 0.15) is 0 Å². The fourth-order valence-corrected chi connectivity index (χ4v) is 2.24. The van der Waals surface area contributed by atoms with Gasteiger partial charge in [0.15, 0.2) is 5.96 Å². The molecule has 4 heteroatoms. The van der Waals surface area contributed by atoms with Crippen LogP contribution in [0, 0.1) is 5.41 Å². The van der Waals surface area contributed by atoms with Crippen LogP contribution in [0.3, 0.4) is 0 Å². The van der Waals surface area contributed by atoms with Crippen molar-refractivity contribution in [3.05, 3.63) is 0 Å². The van der Waals surface area contributed by atoms with Crippen molar-refractivity contribution in [2.24, 2.45) is 10.4 Å². The highest BCUT2D eigenvalue weighted by molar-refractivity contribution is 5.80. The molecule has 2 N–H and O–H groups in total. The van der Waals surface area contributed by atoms with Gasteiger partial charge in [0, 0.05) is 31.7 Å². The second-order valence-corrected chi connectivity index (χ2v) is 5.24. The number of rotatable bonds is 5. The molecule has 2 unspecified atom stereocenters. The fraction of sp³-hybridized carbons (Fsp3) is 0.923. The molecule has 1 aliphatic rings. The summed E-state index contributed by atoms with van der Waals surface area (Å²) in [6.45, 7) is 10.5. The number of ether oxygens (including phenoxy) is 1. The van der Waals surface area contributed by atoms with Crippen LogP contribution in [0.2, 0.25) is 0 Å². The van der Waals surface area contributed by atoms with Crippen LogP contribution in [-0.2, 0) is 4.74 Å². The Morgan fingerprint density at radius 2 is 2.12 bits per heavy atom. The number of nitrogens with one attached hydrogen (secondary N) is 2. The molecule has 100 valence electrons. The van der Waals surface area contributed by atoms with Crippen molar-refractivity contribution in [2.75, 3.05) is 20.2 Å². The van der Waals surface area contributed by atoms with Crippen LogP contribution in [0.15, 0.2) is 4.99 Å². The van der Waals surface area contributed by atoms with Crippen molar-refractivity contribution in [2.45, 2.75) is 52.7 Å². The highest BCUT2D eigenvalue weighted by atomic mass is 16.5. The van der Waals surface area contributed by atoms with Gasteiger partial charge in [-0.05, 0) is 19.8 Å². The SMILES string of the molecule is CCCN=C(NCC)NC1CC(OC)C1(C)C. The fourth-order valence-electron chi connectivity index (χ4n) is 2.24. The van der Waals surface area contributed by atoms with Crippen LogP contribution >= 0.6 is 0 Å². The molecule has 2 atom stereocenters. The Morgan fingerprint density at radius 3 is 2.59 bits per heavy atom. The topological polar surface area (TPSA) is 45.7 Å². The summed E-state index contributed by atoms with van der Waals surface area (Å²) in [7, 11) is 1.79. The molecule has 0 aromatic carbocycles. The average molecular weight is 241 g/mol. The summed E-state index contributed by atoms with van der Waals surface area (Å²) in [5, 5.41) is 6.79. The van der Waals surface area contributed by atoms with Crippen LogP contribution in [0.25, 0.3) is 0 Å². The number of hydrogen-bond acceptors (Lipinski definition) is 2. The molecule has 0 aromatic rings. The predicted molar refractivity (Wildman–Crippen MR) is 72.4 cm³/mol. The smallest absolute Gasteiger partial charge is 0.191 e. The van der Waals surface area contributed by atoms with Crippen LogP contribution < -0.4 is 10.6 Å². The van der Waals surface area contributed by atoms with Gasteiger partial charge in [-0.15, -0.1) is 0 Å². The molecule has 1 aliphatic carbocycles. The number of guanidine groups is 1. The van der Waals surface area contributed by atoms with E-state index in [2.05, 4.69) is 43.3 Å². The van der Waals surface area contributed by atoms with Gasteiger partial charge >= 0.3 is 0 Å². The minimum atomic E-state index is 0.178. The molecule has 0 aliphatic heterocycles. The van der Waals surface area contributed by atoms with E-state index in [9.17, 15) is 0 Å². The Labute approximate surface area is 105 Å². The maximum atomic E-state index is 5.45. The second-order valence-electron chi connectivity index (χ2n) is 5.24. The normalized spacial score (nSPS) is 27.5. The number of hydrogen-bond donors (Lipinski definition) is 2. The molecule has 0 amide bonds. The van der Waals surface area contributed by atoms with Crippen molar-refractivity contribution in [3.63, 3.8) is 0 Å². The summed E-state index contributed by atoms with van der Waals surface area (Å²) in [6, 6.07) is 0.446. The lowest BCUT2D eigenvalue weighted by Gasteiger charge is -2.51. The Bertz CT molecular complexity index is 263. The zero-order valence-corrected chi connectivity index (χ0v) is 11.8. The van der Waals surface area contributed by atoms with Crippen molar-refractivity contribution in [3.8, 4) is 0 Å². The maximum absolute atomic E-state index is 5.45. The van der Waals surface area contributed by atoms with Gasteiger partial charge in [-0.25, -0.2) is 0 Å². The van der Waals surface area contributed by atoms with E-state index in [1.807, 2.05) is 0 Å². The van der Waals surface area contributed by atoms with Gasteiger partial charge in [0.2, 0.25) is 0 Å². The monoisotopic (exact) mass is 241 g/mol. The highest BCUT2D eigenvalue weighted by Gasteiger charge is 2.48. The molecule has 0 bridgehead atoms. The Balaban J connectivity index is 2.52. The van der Waals surface area contributed by atoms with E-state index < -0.39 is 0 Å². The molecule has 4 nitrogen and oxygen atoms in total. The highest BCUT2D eigenvalue weighted by Crippen LogP contribution is 2.42. The summed E-state index contributed by atoms with van der Waals surface area (Å²) in [5.41, 5.74) is 0.178.